The Bertz CT molecular complexity index is 1080. The number of hydrogen-bond acceptors (Lipinski definition) is 9. The molecule has 12 nitrogen and oxygen atoms in total. The van der Waals surface area contributed by atoms with Crippen molar-refractivity contribution in [3.05, 3.63) is 46.0 Å². The Balaban J connectivity index is 1.74. The number of likely N-dealkylation sites (N-methyl/N-ethyl adjacent to an activating group) is 1. The monoisotopic (exact) mass is 488 g/mol. The molecule has 0 spiro atoms. The molecule has 35 heavy (non-hydrogen) atoms. The molecule has 0 radical (unpaired) electrons. The number of rotatable bonds is 9. The molecule has 0 aromatic heterocycles. The van der Waals surface area contributed by atoms with Gasteiger partial charge in [-0.05, 0) is 24.3 Å². The van der Waals surface area contributed by atoms with Crippen LogP contribution in [0.15, 0.2) is 30.3 Å². The van der Waals surface area contributed by atoms with Crippen LogP contribution in [0.2, 0.25) is 0 Å². The second-order valence-electron chi connectivity index (χ2n) is 7.65. The fourth-order valence-corrected chi connectivity index (χ4v) is 3.76. The lowest BCUT2D eigenvalue weighted by Crippen LogP contribution is -2.36. The van der Waals surface area contributed by atoms with Crippen LogP contribution >= 0.6 is 0 Å². The molecule has 1 aliphatic heterocycles. The van der Waals surface area contributed by atoms with Crippen LogP contribution in [0.1, 0.15) is 10.4 Å². The number of nitro benzene ring substituents is 1. The van der Waals surface area contributed by atoms with E-state index in [9.17, 15) is 19.7 Å². The van der Waals surface area contributed by atoms with Crippen LogP contribution in [-0.2, 0) is 9.53 Å². The van der Waals surface area contributed by atoms with E-state index in [1.165, 1.54) is 34.4 Å². The number of nitrogens with zero attached hydrogens (tertiary/aromatic N) is 3. The van der Waals surface area contributed by atoms with E-state index in [1.807, 2.05) is 12.1 Å². The summed E-state index contributed by atoms with van der Waals surface area (Å²) in [6.45, 7) is 2.60. The van der Waals surface area contributed by atoms with Gasteiger partial charge in [0, 0.05) is 37.6 Å². The van der Waals surface area contributed by atoms with Crippen molar-refractivity contribution in [3.63, 3.8) is 0 Å². The molecule has 0 atom stereocenters. The van der Waals surface area contributed by atoms with E-state index in [0.717, 1.165) is 23.7 Å². The first-order chi connectivity index (χ1) is 16.8. The molecule has 0 saturated carbocycles. The number of morpholine rings is 1. The Labute approximate surface area is 202 Å². The number of carbonyl (C=O) groups excluding carboxylic acids is 2. The molecule has 2 amide bonds. The third kappa shape index (κ3) is 5.72. The number of nitrogens with one attached hydrogen (secondary N) is 1. The maximum Gasteiger partial charge on any atom is 0.327 e. The molecule has 0 unspecified atom stereocenters. The number of carbonyl (C=O) groups is 2. The lowest BCUT2D eigenvalue weighted by atomic mass is 10.1. The highest BCUT2D eigenvalue weighted by Crippen LogP contribution is 2.46. The van der Waals surface area contributed by atoms with Crippen LogP contribution in [0.4, 0.5) is 17.1 Å². The molecule has 1 aliphatic rings. The zero-order valence-electron chi connectivity index (χ0n) is 20.0. The summed E-state index contributed by atoms with van der Waals surface area (Å²) < 4.78 is 20.9. The van der Waals surface area contributed by atoms with Gasteiger partial charge in [0.15, 0.2) is 5.75 Å². The predicted octanol–water partition coefficient (Wildman–Crippen LogP) is 2.17. The van der Waals surface area contributed by atoms with Gasteiger partial charge in [0.05, 0.1) is 46.0 Å². The van der Waals surface area contributed by atoms with Gasteiger partial charge in [0.2, 0.25) is 17.4 Å². The summed E-state index contributed by atoms with van der Waals surface area (Å²) in [5, 5.41) is 14.5. The van der Waals surface area contributed by atoms with E-state index in [1.54, 1.807) is 12.1 Å². The molecule has 0 bridgehead atoms. The van der Waals surface area contributed by atoms with Gasteiger partial charge in [0.25, 0.3) is 5.91 Å². The van der Waals surface area contributed by atoms with Gasteiger partial charge in [-0.15, -0.1) is 0 Å². The van der Waals surface area contributed by atoms with E-state index >= 15 is 0 Å². The molecule has 2 aromatic rings. The van der Waals surface area contributed by atoms with Gasteiger partial charge in [-0.3, -0.25) is 19.7 Å². The van der Waals surface area contributed by atoms with Crippen LogP contribution < -0.4 is 24.4 Å². The summed E-state index contributed by atoms with van der Waals surface area (Å²) in [5.74, 6) is -1.40. The minimum absolute atomic E-state index is 0.0147. The number of methoxy groups -OCH3 is 3. The van der Waals surface area contributed by atoms with Crippen molar-refractivity contribution < 1.29 is 33.5 Å². The first kappa shape index (κ1) is 25.6. The van der Waals surface area contributed by atoms with Crippen molar-refractivity contribution in [1.29, 1.82) is 0 Å². The van der Waals surface area contributed by atoms with E-state index in [2.05, 4.69) is 10.2 Å². The Kier molecular flexibility index (Phi) is 8.31. The first-order valence-corrected chi connectivity index (χ1v) is 10.8. The van der Waals surface area contributed by atoms with Crippen molar-refractivity contribution in [2.24, 2.45) is 0 Å². The van der Waals surface area contributed by atoms with E-state index < -0.39 is 22.4 Å². The van der Waals surface area contributed by atoms with Gasteiger partial charge < -0.3 is 34.1 Å². The molecule has 3 rings (SSSR count). The normalized spacial score (nSPS) is 13.1. The van der Waals surface area contributed by atoms with E-state index in [4.69, 9.17) is 18.9 Å². The van der Waals surface area contributed by atoms with Crippen molar-refractivity contribution in [1.82, 2.24) is 4.90 Å². The standard InChI is InChI=1S/C23H28N4O8/c1-25(14-19(28)24-15-5-7-16(8-6-15)26-9-11-35-12-10-26)23(29)17-13-18(32-2)21(33-3)22(34-4)20(17)27(30)31/h5-8,13H,9-12,14H2,1-4H3,(H,24,28). The highest BCUT2D eigenvalue weighted by molar-refractivity contribution is 6.03. The number of hydrogen-bond donors (Lipinski definition) is 1. The third-order valence-electron chi connectivity index (χ3n) is 5.47. The minimum Gasteiger partial charge on any atom is -0.493 e. The molecule has 1 fully saturated rings. The molecule has 1 heterocycles. The smallest absolute Gasteiger partial charge is 0.327 e. The Morgan fingerprint density at radius 3 is 2.26 bits per heavy atom. The Hall–Kier alpha value is -4.06. The van der Waals surface area contributed by atoms with Gasteiger partial charge in [0.1, 0.15) is 5.56 Å². The lowest BCUT2D eigenvalue weighted by Gasteiger charge is -2.28. The summed E-state index contributed by atoms with van der Waals surface area (Å²) in [6.07, 6.45) is 0. The molecule has 0 aliphatic carbocycles. The maximum absolute atomic E-state index is 13.1. The number of amides is 2. The second-order valence-corrected chi connectivity index (χ2v) is 7.65. The van der Waals surface area contributed by atoms with Gasteiger partial charge in [-0.1, -0.05) is 0 Å². The maximum atomic E-state index is 13.1. The summed E-state index contributed by atoms with van der Waals surface area (Å²) in [7, 11) is 5.23. The third-order valence-corrected chi connectivity index (χ3v) is 5.47. The summed E-state index contributed by atoms with van der Waals surface area (Å²) >= 11 is 0. The van der Waals surface area contributed by atoms with Gasteiger partial charge >= 0.3 is 5.69 Å². The predicted molar refractivity (Wildman–Crippen MR) is 128 cm³/mol. The number of anilines is 2. The van der Waals surface area contributed by atoms with Crippen molar-refractivity contribution in [2.45, 2.75) is 0 Å². The Morgan fingerprint density at radius 1 is 1.09 bits per heavy atom. The van der Waals surface area contributed by atoms with Crippen LogP contribution in [0.5, 0.6) is 17.2 Å². The van der Waals surface area contributed by atoms with Crippen molar-refractivity contribution >= 4 is 28.9 Å². The van der Waals surface area contributed by atoms with E-state index in [0.29, 0.717) is 18.9 Å². The molecule has 1 N–H and O–H groups in total. The number of benzene rings is 2. The molecule has 2 aromatic carbocycles. The van der Waals surface area contributed by atoms with Crippen LogP contribution in [0.25, 0.3) is 0 Å². The number of ether oxygens (including phenoxy) is 4. The molecule has 188 valence electrons. The second kappa shape index (κ2) is 11.4. The minimum atomic E-state index is -0.756. The molecular weight excluding hydrogens is 460 g/mol. The first-order valence-electron chi connectivity index (χ1n) is 10.8. The van der Waals surface area contributed by atoms with E-state index in [-0.39, 0.29) is 29.4 Å². The number of nitro groups is 1. The fraction of sp³-hybridized carbons (Fsp3) is 0.391. The molecule has 1 saturated heterocycles. The highest BCUT2D eigenvalue weighted by Gasteiger charge is 2.34. The average Bonchev–Trinajstić information content (AvgIpc) is 2.87. The fourth-order valence-electron chi connectivity index (χ4n) is 3.76. The SMILES string of the molecule is COc1cc(C(=O)N(C)CC(=O)Nc2ccc(N3CCOCC3)cc2)c([N+](=O)[O-])c(OC)c1OC. The zero-order chi connectivity index (χ0) is 25.5. The quantitative estimate of drug-likeness (QED) is 0.416. The highest BCUT2D eigenvalue weighted by atomic mass is 16.6. The van der Waals surface area contributed by atoms with Crippen LogP contribution in [-0.4, -0.2) is 82.9 Å². The van der Waals surface area contributed by atoms with Gasteiger partial charge in [-0.25, -0.2) is 0 Å². The van der Waals surface area contributed by atoms with Crippen LogP contribution in [0, 0.1) is 10.1 Å². The molecule has 12 heteroatoms. The average molecular weight is 488 g/mol. The zero-order valence-corrected chi connectivity index (χ0v) is 20.0. The largest absolute Gasteiger partial charge is 0.493 e. The van der Waals surface area contributed by atoms with Gasteiger partial charge in [-0.2, -0.15) is 0 Å². The Morgan fingerprint density at radius 2 is 1.71 bits per heavy atom. The topological polar surface area (TPSA) is 133 Å². The van der Waals surface area contributed by atoms with Crippen molar-refractivity contribution in [3.8, 4) is 17.2 Å². The lowest BCUT2D eigenvalue weighted by molar-refractivity contribution is -0.386. The summed E-state index contributed by atoms with van der Waals surface area (Å²) in [4.78, 5) is 40.0. The van der Waals surface area contributed by atoms with Crippen LogP contribution in [0.3, 0.4) is 0 Å². The van der Waals surface area contributed by atoms with Crippen molar-refractivity contribution in [2.75, 3.05) is 71.4 Å². The molecular formula is C23H28N4O8. The summed E-state index contributed by atoms with van der Waals surface area (Å²) in [5.41, 5.74) is 0.704. The summed E-state index contributed by atoms with van der Waals surface area (Å²) in [6, 6.07) is 8.54.